The van der Waals surface area contributed by atoms with Gasteiger partial charge in [-0.2, -0.15) is 0 Å². The average molecular weight is 245 g/mol. The molecule has 0 saturated carbocycles. The van der Waals surface area contributed by atoms with Crippen molar-refractivity contribution in [3.63, 3.8) is 0 Å². The summed E-state index contributed by atoms with van der Waals surface area (Å²) in [7, 11) is -2.05. The van der Waals surface area contributed by atoms with Crippen LogP contribution in [0.2, 0.25) is 0 Å². The van der Waals surface area contributed by atoms with E-state index in [1.165, 1.54) is 13.2 Å². The van der Waals surface area contributed by atoms with E-state index in [0.29, 0.717) is 5.56 Å². The first-order valence-electron chi connectivity index (χ1n) is 4.74. The first-order valence-corrected chi connectivity index (χ1v) is 6.39. The van der Waals surface area contributed by atoms with Crippen LogP contribution in [0.25, 0.3) is 0 Å². The van der Waals surface area contributed by atoms with Gasteiger partial charge in [0.15, 0.2) is 0 Å². The molecule has 0 aliphatic carbocycles. The molecule has 1 aromatic rings. The fourth-order valence-corrected chi connectivity index (χ4v) is 2.25. The van der Waals surface area contributed by atoms with Crippen molar-refractivity contribution in [2.45, 2.75) is 6.92 Å². The number of rotatable bonds is 5. The van der Waals surface area contributed by atoms with Gasteiger partial charge in [-0.15, -0.1) is 0 Å². The van der Waals surface area contributed by atoms with Gasteiger partial charge in [-0.05, 0) is 18.6 Å². The molecule has 0 aromatic heterocycles. The van der Waals surface area contributed by atoms with Crippen LogP contribution in [0.4, 0.5) is 5.69 Å². The maximum Gasteiger partial charge on any atom is 0.235 e. The Balaban J connectivity index is 2.88. The van der Waals surface area contributed by atoms with Crippen molar-refractivity contribution in [3.8, 4) is 5.75 Å². The molecule has 0 saturated heterocycles. The maximum atomic E-state index is 11.6. The van der Waals surface area contributed by atoms with E-state index in [1.54, 1.807) is 19.1 Å². The number of hydrogen-bond donors (Lipinski definition) is 2. The predicted octanol–water partition coefficient (Wildman–Crippen LogP) is 1.09. The third-order valence-corrected chi connectivity index (χ3v) is 3.28. The molecular weight excluding hydrogens is 230 g/mol. The van der Waals surface area contributed by atoms with E-state index in [1.807, 2.05) is 0 Å². The maximum absolute atomic E-state index is 11.6. The number of aryl methyl sites for hydroxylation is 1. The Hall–Kier alpha value is -1.27. The number of ether oxygens (including phenoxy) is 1. The van der Waals surface area contributed by atoms with Gasteiger partial charge in [0.05, 0.1) is 18.0 Å². The van der Waals surface area contributed by atoms with Crippen LogP contribution in [-0.2, 0) is 14.8 Å². The highest BCUT2D eigenvalue weighted by Crippen LogP contribution is 2.27. The minimum atomic E-state index is -3.48. The number of anilines is 1. The lowest BCUT2D eigenvalue weighted by molar-refractivity contribution is 0.217. The number of phenols is 1. The molecule has 0 spiro atoms. The van der Waals surface area contributed by atoms with Crippen LogP contribution in [0, 0.1) is 6.92 Å². The highest BCUT2D eigenvalue weighted by atomic mass is 32.2. The number of nitrogens with one attached hydrogen (secondary N) is 1. The second kappa shape index (κ2) is 5.18. The Morgan fingerprint density at radius 2 is 2.12 bits per heavy atom. The second-order valence-electron chi connectivity index (χ2n) is 3.38. The normalized spacial score (nSPS) is 11.4. The van der Waals surface area contributed by atoms with Gasteiger partial charge in [0.1, 0.15) is 5.75 Å². The monoisotopic (exact) mass is 245 g/mol. The van der Waals surface area contributed by atoms with E-state index in [9.17, 15) is 13.5 Å². The standard InChI is InChI=1S/C10H15NO4S/c1-8-4-3-5-9(12)10(8)11-16(13,14)7-6-15-2/h3-5,11-12H,6-7H2,1-2H3. The van der Waals surface area contributed by atoms with E-state index in [4.69, 9.17) is 4.74 Å². The number of aromatic hydroxyl groups is 1. The summed E-state index contributed by atoms with van der Waals surface area (Å²) in [5.41, 5.74) is 0.889. The molecule has 0 aliphatic rings. The van der Waals surface area contributed by atoms with Gasteiger partial charge in [0.25, 0.3) is 0 Å². The number of hydrogen-bond acceptors (Lipinski definition) is 4. The number of sulfonamides is 1. The van der Waals surface area contributed by atoms with Crippen molar-refractivity contribution in [3.05, 3.63) is 23.8 Å². The third-order valence-electron chi connectivity index (χ3n) is 2.06. The minimum Gasteiger partial charge on any atom is -0.506 e. The Morgan fingerprint density at radius 1 is 1.44 bits per heavy atom. The molecule has 6 heteroatoms. The summed E-state index contributed by atoms with van der Waals surface area (Å²) in [6, 6.07) is 4.80. The zero-order valence-electron chi connectivity index (χ0n) is 9.23. The number of para-hydroxylation sites is 1. The third kappa shape index (κ3) is 3.39. The molecule has 5 nitrogen and oxygen atoms in total. The van der Waals surface area contributed by atoms with Gasteiger partial charge in [-0.1, -0.05) is 12.1 Å². The Labute approximate surface area is 95.1 Å². The molecule has 1 rings (SSSR count). The first-order chi connectivity index (χ1) is 7.46. The van der Waals surface area contributed by atoms with E-state index in [-0.39, 0.29) is 23.8 Å². The minimum absolute atomic E-state index is 0.0824. The van der Waals surface area contributed by atoms with Crippen LogP contribution in [-0.4, -0.2) is 33.0 Å². The van der Waals surface area contributed by atoms with Crippen LogP contribution >= 0.6 is 0 Å². The van der Waals surface area contributed by atoms with Crippen molar-refractivity contribution in [2.24, 2.45) is 0 Å². The van der Waals surface area contributed by atoms with Crippen molar-refractivity contribution in [1.82, 2.24) is 0 Å². The molecule has 0 unspecified atom stereocenters. The van der Waals surface area contributed by atoms with Gasteiger partial charge in [0.2, 0.25) is 10.0 Å². The molecule has 0 aliphatic heterocycles. The van der Waals surface area contributed by atoms with E-state index >= 15 is 0 Å². The molecule has 0 fully saturated rings. The summed E-state index contributed by atoms with van der Waals surface area (Å²) < 4.78 is 30.1. The SMILES string of the molecule is COCCS(=O)(=O)Nc1c(C)cccc1O. The lowest BCUT2D eigenvalue weighted by Crippen LogP contribution is -2.20. The Bertz CT molecular complexity index is 436. The van der Waals surface area contributed by atoms with Crippen molar-refractivity contribution < 1.29 is 18.3 Å². The fraction of sp³-hybridized carbons (Fsp3) is 0.400. The van der Waals surface area contributed by atoms with Crippen molar-refractivity contribution in [1.29, 1.82) is 0 Å². The van der Waals surface area contributed by atoms with Crippen LogP contribution in [0.15, 0.2) is 18.2 Å². The summed E-state index contributed by atoms with van der Waals surface area (Å²) in [6.07, 6.45) is 0. The second-order valence-corrected chi connectivity index (χ2v) is 5.22. The predicted molar refractivity (Wildman–Crippen MR) is 62.1 cm³/mol. The van der Waals surface area contributed by atoms with Crippen LogP contribution in [0.1, 0.15) is 5.56 Å². The molecule has 0 atom stereocenters. The molecule has 16 heavy (non-hydrogen) atoms. The number of methoxy groups -OCH3 is 1. The van der Waals surface area contributed by atoms with Crippen LogP contribution in [0.3, 0.4) is 0 Å². The summed E-state index contributed by atoms with van der Waals surface area (Å²) >= 11 is 0. The average Bonchev–Trinajstić information content (AvgIpc) is 2.21. The summed E-state index contributed by atoms with van der Waals surface area (Å²) in [5, 5.41) is 9.52. The highest BCUT2D eigenvalue weighted by Gasteiger charge is 2.13. The molecule has 0 radical (unpaired) electrons. The lowest BCUT2D eigenvalue weighted by Gasteiger charge is -2.11. The van der Waals surface area contributed by atoms with Gasteiger partial charge in [-0.3, -0.25) is 4.72 Å². The first kappa shape index (κ1) is 12.8. The molecule has 2 N–H and O–H groups in total. The van der Waals surface area contributed by atoms with E-state index in [0.717, 1.165) is 0 Å². The Morgan fingerprint density at radius 3 is 2.69 bits per heavy atom. The summed E-state index contributed by atoms with van der Waals surface area (Å²) in [6.45, 7) is 1.83. The smallest absolute Gasteiger partial charge is 0.235 e. The molecule has 1 aromatic carbocycles. The fourth-order valence-electron chi connectivity index (χ4n) is 1.18. The van der Waals surface area contributed by atoms with Gasteiger partial charge in [0, 0.05) is 7.11 Å². The largest absolute Gasteiger partial charge is 0.506 e. The molecule has 90 valence electrons. The quantitative estimate of drug-likeness (QED) is 0.761. The van der Waals surface area contributed by atoms with Crippen molar-refractivity contribution in [2.75, 3.05) is 24.2 Å². The number of benzene rings is 1. The van der Waals surface area contributed by atoms with Crippen LogP contribution < -0.4 is 4.72 Å². The summed E-state index contributed by atoms with van der Waals surface area (Å²) in [4.78, 5) is 0. The van der Waals surface area contributed by atoms with E-state index < -0.39 is 10.0 Å². The molecular formula is C10H15NO4S. The molecule has 0 bridgehead atoms. The van der Waals surface area contributed by atoms with E-state index in [2.05, 4.69) is 4.72 Å². The van der Waals surface area contributed by atoms with Gasteiger partial charge in [-0.25, -0.2) is 8.42 Å². The lowest BCUT2D eigenvalue weighted by atomic mass is 10.2. The topological polar surface area (TPSA) is 75.6 Å². The summed E-state index contributed by atoms with van der Waals surface area (Å²) in [5.74, 6) is -0.224. The number of phenolic OH excluding ortho intramolecular Hbond substituents is 1. The van der Waals surface area contributed by atoms with Crippen LogP contribution in [0.5, 0.6) is 5.75 Å². The molecule has 0 amide bonds. The highest BCUT2D eigenvalue weighted by molar-refractivity contribution is 7.92. The van der Waals surface area contributed by atoms with Gasteiger partial charge >= 0.3 is 0 Å². The zero-order valence-corrected chi connectivity index (χ0v) is 10.0. The Kier molecular flexibility index (Phi) is 4.14. The van der Waals surface area contributed by atoms with Gasteiger partial charge < -0.3 is 9.84 Å². The van der Waals surface area contributed by atoms with Crippen molar-refractivity contribution >= 4 is 15.7 Å². The molecule has 0 heterocycles. The zero-order chi connectivity index (χ0) is 12.2.